The predicted octanol–water partition coefficient (Wildman–Crippen LogP) is 2.22. The van der Waals surface area contributed by atoms with Crippen molar-refractivity contribution in [3.05, 3.63) is 29.6 Å². The first-order chi connectivity index (χ1) is 10.1. The number of aromatic nitrogens is 1. The van der Waals surface area contributed by atoms with Gasteiger partial charge in [-0.05, 0) is 45.2 Å². The Morgan fingerprint density at radius 1 is 1.38 bits per heavy atom. The number of piperidine rings is 1. The van der Waals surface area contributed by atoms with Crippen LogP contribution in [0.15, 0.2) is 18.3 Å². The Morgan fingerprint density at radius 3 is 2.67 bits per heavy atom. The number of hydrogen-bond donors (Lipinski definition) is 1. The van der Waals surface area contributed by atoms with Gasteiger partial charge in [0.15, 0.2) is 0 Å². The average molecular weight is 286 g/mol. The molecule has 0 unspecified atom stereocenters. The highest BCUT2D eigenvalue weighted by Gasteiger charge is 2.30. The fourth-order valence-electron chi connectivity index (χ4n) is 2.77. The summed E-state index contributed by atoms with van der Waals surface area (Å²) in [6, 6.07) is 4.09. The second-order valence-corrected chi connectivity index (χ2v) is 5.55. The molecule has 1 aliphatic heterocycles. The Morgan fingerprint density at radius 2 is 2.10 bits per heavy atom. The topological polar surface area (TPSA) is 53.4 Å². The van der Waals surface area contributed by atoms with Crippen LogP contribution < -0.4 is 0 Å². The molecule has 1 fully saturated rings. The first-order valence-electron chi connectivity index (χ1n) is 7.52. The number of rotatable bonds is 2. The molecule has 1 aromatic heterocycles. The summed E-state index contributed by atoms with van der Waals surface area (Å²) >= 11 is 0. The van der Waals surface area contributed by atoms with Gasteiger partial charge in [-0.2, -0.15) is 0 Å². The number of pyridine rings is 1. The lowest BCUT2D eigenvalue weighted by atomic mass is 9.97. The molecule has 0 saturated carbocycles. The van der Waals surface area contributed by atoms with E-state index in [1.165, 1.54) is 6.42 Å². The van der Waals surface area contributed by atoms with Crippen molar-refractivity contribution in [1.82, 2.24) is 9.88 Å². The van der Waals surface area contributed by atoms with Gasteiger partial charge in [-0.3, -0.25) is 4.79 Å². The summed E-state index contributed by atoms with van der Waals surface area (Å²) < 4.78 is 0. The highest BCUT2D eigenvalue weighted by atomic mass is 16.2. The summed E-state index contributed by atoms with van der Waals surface area (Å²) in [4.78, 5) is 18.8. The largest absolute Gasteiger partial charge is 0.395 e. The van der Waals surface area contributed by atoms with Gasteiger partial charge >= 0.3 is 0 Å². The van der Waals surface area contributed by atoms with E-state index in [2.05, 4.69) is 30.7 Å². The minimum Gasteiger partial charge on any atom is -0.395 e. The molecule has 2 heterocycles. The number of carbonyl (C=O) groups excluding carboxylic acids is 1. The quantitative estimate of drug-likeness (QED) is 0.848. The highest BCUT2D eigenvalue weighted by Crippen LogP contribution is 2.24. The lowest BCUT2D eigenvalue weighted by Crippen LogP contribution is -2.47. The second kappa shape index (κ2) is 7.24. The molecule has 0 spiro atoms. The molecule has 2 atom stereocenters. The highest BCUT2D eigenvalue weighted by molar-refractivity contribution is 5.92. The molecule has 21 heavy (non-hydrogen) atoms. The van der Waals surface area contributed by atoms with E-state index in [0.717, 1.165) is 18.4 Å². The Balaban J connectivity index is 2.11. The van der Waals surface area contributed by atoms with Crippen molar-refractivity contribution in [2.24, 2.45) is 0 Å². The number of nitrogens with zero attached hydrogens (tertiary/aromatic N) is 2. The van der Waals surface area contributed by atoms with Crippen LogP contribution in [0.5, 0.6) is 0 Å². The van der Waals surface area contributed by atoms with E-state index in [1.807, 2.05) is 11.0 Å². The number of likely N-dealkylation sites (tertiary alicyclic amines) is 1. The molecule has 4 nitrogen and oxygen atoms in total. The zero-order valence-corrected chi connectivity index (χ0v) is 12.7. The van der Waals surface area contributed by atoms with Crippen LogP contribution >= 0.6 is 0 Å². The number of aliphatic hydroxyl groups excluding tert-OH is 1. The van der Waals surface area contributed by atoms with E-state index in [-0.39, 0.29) is 24.6 Å². The number of aliphatic hydroxyl groups is 1. The number of hydrogen-bond acceptors (Lipinski definition) is 3. The molecule has 1 N–H and O–H groups in total. The monoisotopic (exact) mass is 286 g/mol. The van der Waals surface area contributed by atoms with Gasteiger partial charge < -0.3 is 10.0 Å². The molecule has 1 aromatic rings. The third kappa shape index (κ3) is 3.83. The summed E-state index contributed by atoms with van der Waals surface area (Å²) in [7, 11) is 0. The van der Waals surface area contributed by atoms with Crippen LogP contribution in [0, 0.1) is 11.8 Å². The van der Waals surface area contributed by atoms with Crippen molar-refractivity contribution in [3.63, 3.8) is 0 Å². The predicted molar refractivity (Wildman–Crippen MR) is 81.8 cm³/mol. The molecule has 2 rings (SSSR count). The normalized spacial score (nSPS) is 21.6. The first-order valence-corrected chi connectivity index (χ1v) is 7.52. The SMILES string of the molecule is C[C@@H]1CCC[C@H](C)N1C(=O)c1ccc(C#CCCO)cn1. The Kier molecular flexibility index (Phi) is 5.35. The molecule has 0 radical (unpaired) electrons. The van der Waals surface area contributed by atoms with Crippen LogP contribution in [0.25, 0.3) is 0 Å². The number of carbonyl (C=O) groups is 1. The van der Waals surface area contributed by atoms with Crippen molar-refractivity contribution in [2.45, 2.75) is 51.6 Å². The molecule has 0 bridgehead atoms. The van der Waals surface area contributed by atoms with E-state index in [4.69, 9.17) is 5.11 Å². The summed E-state index contributed by atoms with van der Waals surface area (Å²) in [6.45, 7) is 4.26. The minimum atomic E-state index is 0.00423. The fraction of sp³-hybridized carbons (Fsp3) is 0.529. The second-order valence-electron chi connectivity index (χ2n) is 5.55. The first kappa shape index (κ1) is 15.5. The molecule has 4 heteroatoms. The van der Waals surface area contributed by atoms with Gasteiger partial charge in [0.25, 0.3) is 5.91 Å². The van der Waals surface area contributed by atoms with Gasteiger partial charge in [0.05, 0.1) is 6.61 Å². The Labute approximate surface area is 126 Å². The van der Waals surface area contributed by atoms with Crippen LogP contribution in [0.2, 0.25) is 0 Å². The fourth-order valence-corrected chi connectivity index (χ4v) is 2.77. The summed E-state index contributed by atoms with van der Waals surface area (Å²) in [5.74, 6) is 5.76. The van der Waals surface area contributed by atoms with Crippen LogP contribution in [-0.2, 0) is 0 Å². The smallest absolute Gasteiger partial charge is 0.272 e. The third-order valence-electron chi connectivity index (χ3n) is 3.88. The van der Waals surface area contributed by atoms with E-state index in [1.54, 1.807) is 12.3 Å². The van der Waals surface area contributed by atoms with Gasteiger partial charge in [-0.25, -0.2) is 4.98 Å². The zero-order chi connectivity index (χ0) is 15.2. The Bertz CT molecular complexity index is 532. The molecule has 0 aromatic carbocycles. The summed E-state index contributed by atoms with van der Waals surface area (Å²) in [5.41, 5.74) is 1.24. The van der Waals surface area contributed by atoms with Crippen molar-refractivity contribution < 1.29 is 9.90 Å². The number of amides is 1. The van der Waals surface area contributed by atoms with E-state index in [0.29, 0.717) is 12.1 Å². The molecule has 1 amide bonds. The molecule has 112 valence electrons. The van der Waals surface area contributed by atoms with Crippen LogP contribution in [0.3, 0.4) is 0 Å². The Hall–Kier alpha value is -1.86. The maximum Gasteiger partial charge on any atom is 0.272 e. The van der Waals surface area contributed by atoms with Crippen LogP contribution in [0.4, 0.5) is 0 Å². The average Bonchev–Trinajstić information content (AvgIpc) is 2.48. The lowest BCUT2D eigenvalue weighted by molar-refractivity contribution is 0.0504. The summed E-state index contributed by atoms with van der Waals surface area (Å²) in [5, 5.41) is 8.69. The van der Waals surface area contributed by atoms with Crippen LogP contribution in [-0.4, -0.2) is 39.6 Å². The molecule has 1 saturated heterocycles. The maximum atomic E-state index is 12.6. The van der Waals surface area contributed by atoms with Gasteiger partial charge in [0, 0.05) is 30.3 Å². The third-order valence-corrected chi connectivity index (χ3v) is 3.88. The minimum absolute atomic E-state index is 0.00423. The van der Waals surface area contributed by atoms with E-state index in [9.17, 15) is 4.79 Å². The van der Waals surface area contributed by atoms with Gasteiger partial charge in [0.2, 0.25) is 0 Å². The maximum absolute atomic E-state index is 12.6. The zero-order valence-electron chi connectivity index (χ0n) is 12.7. The van der Waals surface area contributed by atoms with Gasteiger partial charge in [-0.15, -0.1) is 0 Å². The van der Waals surface area contributed by atoms with Gasteiger partial charge in [-0.1, -0.05) is 11.8 Å². The van der Waals surface area contributed by atoms with Crippen molar-refractivity contribution in [3.8, 4) is 11.8 Å². The van der Waals surface area contributed by atoms with Gasteiger partial charge in [0.1, 0.15) is 5.69 Å². The van der Waals surface area contributed by atoms with Crippen molar-refractivity contribution in [2.75, 3.05) is 6.61 Å². The lowest BCUT2D eigenvalue weighted by Gasteiger charge is -2.38. The van der Waals surface area contributed by atoms with Crippen molar-refractivity contribution in [1.29, 1.82) is 0 Å². The molecular weight excluding hydrogens is 264 g/mol. The van der Waals surface area contributed by atoms with Crippen molar-refractivity contribution >= 4 is 5.91 Å². The summed E-state index contributed by atoms with van der Waals surface area (Å²) in [6.07, 6.45) is 5.36. The molecule has 0 aliphatic carbocycles. The standard InChI is InChI=1S/C17H22N2O2/c1-13-6-5-7-14(2)19(13)17(21)16-10-9-15(12-18-16)8-3-4-11-20/h9-10,12-14,20H,4-7,11H2,1-2H3/t13-,14+. The van der Waals surface area contributed by atoms with Crippen LogP contribution in [0.1, 0.15) is 55.6 Å². The molecule has 1 aliphatic rings. The van der Waals surface area contributed by atoms with E-state index >= 15 is 0 Å². The molecular formula is C17H22N2O2. The van der Waals surface area contributed by atoms with E-state index < -0.39 is 0 Å².